The van der Waals surface area contributed by atoms with Gasteiger partial charge in [-0.1, -0.05) is 34.6 Å². The lowest BCUT2D eigenvalue weighted by Crippen LogP contribution is -2.27. The molecule has 3 heteroatoms. The fourth-order valence-corrected chi connectivity index (χ4v) is 1.71. The Morgan fingerprint density at radius 2 is 1.94 bits per heavy atom. The van der Waals surface area contributed by atoms with E-state index in [1.807, 2.05) is 13.8 Å². The number of nitrogens with zero attached hydrogens (tertiary/aromatic N) is 1. The average molecular weight is 231 g/mol. The van der Waals surface area contributed by atoms with Gasteiger partial charge in [0, 0.05) is 19.7 Å². The Hall–Kier alpha value is -0.120. The van der Waals surface area contributed by atoms with Gasteiger partial charge in [0.25, 0.3) is 0 Å². The second-order valence-electron chi connectivity index (χ2n) is 4.51. The Labute approximate surface area is 101 Å². The second kappa shape index (κ2) is 8.97. The number of hydrogen-bond acceptors (Lipinski definition) is 3. The zero-order valence-corrected chi connectivity index (χ0v) is 11.6. The normalized spacial score (nSPS) is 25.7. The molecule has 0 bridgehead atoms. The summed E-state index contributed by atoms with van der Waals surface area (Å²) in [5, 5.41) is 9.69. The van der Waals surface area contributed by atoms with E-state index in [-0.39, 0.29) is 12.2 Å². The summed E-state index contributed by atoms with van der Waals surface area (Å²) in [7, 11) is 0. The molecule has 0 aromatic rings. The van der Waals surface area contributed by atoms with Crippen molar-refractivity contribution < 1.29 is 9.84 Å². The third-order valence-corrected chi connectivity index (χ3v) is 2.79. The van der Waals surface area contributed by atoms with Crippen LogP contribution in [0, 0.1) is 5.92 Å². The molecule has 0 aliphatic carbocycles. The highest BCUT2D eigenvalue weighted by Gasteiger charge is 2.30. The van der Waals surface area contributed by atoms with Crippen molar-refractivity contribution in [3.05, 3.63) is 0 Å². The van der Waals surface area contributed by atoms with E-state index in [4.69, 9.17) is 4.74 Å². The molecule has 1 N–H and O–H groups in total. The van der Waals surface area contributed by atoms with Gasteiger partial charge in [-0.2, -0.15) is 0 Å². The largest absolute Gasteiger partial charge is 0.389 e. The van der Waals surface area contributed by atoms with E-state index in [0.29, 0.717) is 5.92 Å². The molecule has 1 aliphatic heterocycles. The van der Waals surface area contributed by atoms with Crippen molar-refractivity contribution in [1.82, 2.24) is 4.90 Å². The lowest BCUT2D eigenvalue weighted by Gasteiger charge is -2.15. The zero-order chi connectivity index (χ0) is 12.6. The van der Waals surface area contributed by atoms with Crippen molar-refractivity contribution in [1.29, 1.82) is 0 Å². The second-order valence-corrected chi connectivity index (χ2v) is 4.51. The topological polar surface area (TPSA) is 32.7 Å². The van der Waals surface area contributed by atoms with Gasteiger partial charge >= 0.3 is 0 Å². The van der Waals surface area contributed by atoms with Gasteiger partial charge < -0.3 is 9.84 Å². The SMILES string of the molecule is CC.CCN1CC(O)C(OCCC(C)C)C1. The quantitative estimate of drug-likeness (QED) is 0.787. The molecule has 0 amide bonds. The molecule has 98 valence electrons. The molecule has 1 fully saturated rings. The molecule has 0 aromatic carbocycles. The van der Waals surface area contributed by atoms with Crippen molar-refractivity contribution in [3.8, 4) is 0 Å². The molecule has 1 saturated heterocycles. The van der Waals surface area contributed by atoms with E-state index in [1.54, 1.807) is 0 Å². The van der Waals surface area contributed by atoms with Gasteiger partial charge in [0.15, 0.2) is 0 Å². The molecule has 0 aromatic heterocycles. The van der Waals surface area contributed by atoms with Crippen LogP contribution in [0.2, 0.25) is 0 Å². The summed E-state index contributed by atoms with van der Waals surface area (Å²) >= 11 is 0. The smallest absolute Gasteiger partial charge is 0.0972 e. The Morgan fingerprint density at radius 1 is 1.31 bits per heavy atom. The molecule has 2 atom stereocenters. The third-order valence-electron chi connectivity index (χ3n) is 2.79. The summed E-state index contributed by atoms with van der Waals surface area (Å²) in [5.41, 5.74) is 0. The van der Waals surface area contributed by atoms with Gasteiger partial charge in [0.05, 0.1) is 12.2 Å². The first-order valence-electron chi connectivity index (χ1n) is 6.65. The minimum absolute atomic E-state index is 0.0358. The maximum atomic E-state index is 9.69. The maximum Gasteiger partial charge on any atom is 0.0972 e. The number of likely N-dealkylation sites (N-methyl/N-ethyl adjacent to an activating group) is 1. The summed E-state index contributed by atoms with van der Waals surface area (Å²) in [4.78, 5) is 2.23. The fourth-order valence-electron chi connectivity index (χ4n) is 1.71. The fraction of sp³-hybridized carbons (Fsp3) is 1.00. The van der Waals surface area contributed by atoms with Crippen molar-refractivity contribution in [3.63, 3.8) is 0 Å². The predicted molar refractivity (Wildman–Crippen MR) is 68.7 cm³/mol. The number of likely N-dealkylation sites (tertiary alicyclic amines) is 1. The van der Waals surface area contributed by atoms with E-state index in [9.17, 15) is 5.11 Å². The summed E-state index contributed by atoms with van der Waals surface area (Å²) in [6, 6.07) is 0. The van der Waals surface area contributed by atoms with Gasteiger partial charge in [-0.25, -0.2) is 0 Å². The van der Waals surface area contributed by atoms with Crippen molar-refractivity contribution in [2.75, 3.05) is 26.2 Å². The summed E-state index contributed by atoms with van der Waals surface area (Å²) in [6.45, 7) is 13.9. The van der Waals surface area contributed by atoms with Crippen LogP contribution in [0.3, 0.4) is 0 Å². The van der Waals surface area contributed by atoms with Gasteiger partial charge in [-0.05, 0) is 18.9 Å². The molecule has 0 spiro atoms. The lowest BCUT2D eigenvalue weighted by molar-refractivity contribution is -0.0120. The van der Waals surface area contributed by atoms with Crippen LogP contribution < -0.4 is 0 Å². The summed E-state index contributed by atoms with van der Waals surface area (Å²) < 4.78 is 5.67. The first-order valence-corrected chi connectivity index (χ1v) is 6.65. The highest BCUT2D eigenvalue weighted by Crippen LogP contribution is 2.14. The first kappa shape index (κ1) is 15.9. The van der Waals surface area contributed by atoms with Gasteiger partial charge in [0.2, 0.25) is 0 Å². The van der Waals surface area contributed by atoms with E-state index in [0.717, 1.165) is 32.7 Å². The van der Waals surface area contributed by atoms with Crippen molar-refractivity contribution in [2.45, 2.75) is 53.2 Å². The number of β-amino-alcohol motifs (C(OH)–C–C–N with tert-alkyl or cyclic N) is 1. The number of ether oxygens (including phenoxy) is 1. The van der Waals surface area contributed by atoms with Gasteiger partial charge in [-0.15, -0.1) is 0 Å². The van der Waals surface area contributed by atoms with Crippen LogP contribution in [-0.2, 0) is 4.74 Å². The molecule has 1 aliphatic rings. The first-order chi connectivity index (χ1) is 7.63. The lowest BCUT2D eigenvalue weighted by atomic mass is 10.1. The molecular formula is C13H29NO2. The molecule has 16 heavy (non-hydrogen) atoms. The molecule has 0 saturated carbocycles. The third kappa shape index (κ3) is 5.83. The van der Waals surface area contributed by atoms with Crippen LogP contribution in [0.15, 0.2) is 0 Å². The van der Waals surface area contributed by atoms with Gasteiger partial charge in [0.1, 0.15) is 0 Å². The van der Waals surface area contributed by atoms with Crippen molar-refractivity contribution in [2.24, 2.45) is 5.92 Å². The predicted octanol–water partition coefficient (Wildman–Crippen LogP) is 2.14. The molecule has 0 radical (unpaired) electrons. The van der Waals surface area contributed by atoms with E-state index in [2.05, 4.69) is 25.7 Å². The van der Waals surface area contributed by atoms with Crippen LogP contribution in [0.1, 0.15) is 41.0 Å². The molecule has 1 rings (SSSR count). The Bertz CT molecular complexity index is 162. The number of aliphatic hydroxyl groups is 1. The Morgan fingerprint density at radius 3 is 2.38 bits per heavy atom. The molecule has 1 heterocycles. The van der Waals surface area contributed by atoms with Crippen LogP contribution in [0.4, 0.5) is 0 Å². The van der Waals surface area contributed by atoms with Crippen LogP contribution in [-0.4, -0.2) is 48.5 Å². The van der Waals surface area contributed by atoms with E-state index >= 15 is 0 Å². The van der Waals surface area contributed by atoms with Crippen LogP contribution in [0.5, 0.6) is 0 Å². The Balaban J connectivity index is 0.00000106. The summed E-state index contributed by atoms with van der Waals surface area (Å²) in [5.74, 6) is 0.677. The highest BCUT2D eigenvalue weighted by atomic mass is 16.5. The highest BCUT2D eigenvalue weighted by molar-refractivity contribution is 4.83. The Kier molecular flexibility index (Phi) is 8.90. The van der Waals surface area contributed by atoms with Crippen LogP contribution >= 0.6 is 0 Å². The van der Waals surface area contributed by atoms with Gasteiger partial charge in [-0.3, -0.25) is 4.90 Å². The molecular weight excluding hydrogens is 202 g/mol. The average Bonchev–Trinajstić information content (AvgIpc) is 2.62. The van der Waals surface area contributed by atoms with E-state index in [1.165, 1.54) is 0 Å². The number of rotatable bonds is 5. The van der Waals surface area contributed by atoms with E-state index < -0.39 is 0 Å². The molecule has 3 nitrogen and oxygen atoms in total. The number of hydrogen-bond donors (Lipinski definition) is 1. The maximum absolute atomic E-state index is 9.69. The monoisotopic (exact) mass is 231 g/mol. The number of aliphatic hydroxyl groups excluding tert-OH is 1. The molecule has 2 unspecified atom stereocenters. The zero-order valence-electron chi connectivity index (χ0n) is 11.6. The van der Waals surface area contributed by atoms with Crippen molar-refractivity contribution >= 4 is 0 Å². The standard InChI is InChI=1S/C11H23NO2.C2H6/c1-4-12-7-10(13)11(8-12)14-6-5-9(2)3;1-2/h9-11,13H,4-8H2,1-3H3;1-2H3. The summed E-state index contributed by atoms with van der Waals surface area (Å²) in [6.07, 6.45) is 0.825. The van der Waals surface area contributed by atoms with Crippen LogP contribution in [0.25, 0.3) is 0 Å². The minimum atomic E-state index is -0.290. The minimum Gasteiger partial charge on any atom is -0.389 e.